The van der Waals surface area contributed by atoms with Crippen LogP contribution in [0.1, 0.15) is 36.8 Å². The van der Waals surface area contributed by atoms with E-state index < -0.39 is 0 Å². The molecule has 4 nitrogen and oxygen atoms in total. The molecule has 18 heavy (non-hydrogen) atoms. The second kappa shape index (κ2) is 5.78. The first-order chi connectivity index (χ1) is 8.76. The van der Waals surface area contributed by atoms with Crippen LogP contribution in [-0.4, -0.2) is 21.3 Å². The molecule has 0 aliphatic heterocycles. The molecule has 1 unspecified atom stereocenters. The van der Waals surface area contributed by atoms with E-state index in [-0.39, 0.29) is 6.04 Å². The van der Waals surface area contributed by atoms with Crippen molar-refractivity contribution in [3.05, 3.63) is 47.5 Å². The maximum absolute atomic E-state index is 4.39. The highest BCUT2D eigenvalue weighted by atomic mass is 15.3. The molecule has 0 amide bonds. The van der Waals surface area contributed by atoms with Crippen LogP contribution in [0.3, 0.4) is 0 Å². The number of aromatic nitrogens is 3. The Bertz CT molecular complexity index is 487. The minimum atomic E-state index is 0.109. The quantitative estimate of drug-likeness (QED) is 0.877. The molecule has 1 N–H and O–H groups in total. The Balaban J connectivity index is 2.36. The highest BCUT2D eigenvalue weighted by molar-refractivity contribution is 5.28. The van der Waals surface area contributed by atoms with E-state index >= 15 is 0 Å². The maximum atomic E-state index is 4.39. The number of hydrogen-bond donors (Lipinski definition) is 1. The summed E-state index contributed by atoms with van der Waals surface area (Å²) >= 11 is 0. The number of hydrogen-bond acceptors (Lipinski definition) is 3. The molecular weight excluding hydrogens is 224 g/mol. The summed E-state index contributed by atoms with van der Waals surface area (Å²) in [6.07, 6.45) is 1.62. The van der Waals surface area contributed by atoms with Gasteiger partial charge in [0, 0.05) is 6.54 Å². The fourth-order valence-corrected chi connectivity index (χ4v) is 2.06. The van der Waals surface area contributed by atoms with Crippen LogP contribution in [0, 0.1) is 6.92 Å². The van der Waals surface area contributed by atoms with Gasteiger partial charge in [0.1, 0.15) is 12.2 Å². The van der Waals surface area contributed by atoms with Gasteiger partial charge in [-0.3, -0.25) is 0 Å². The van der Waals surface area contributed by atoms with Crippen LogP contribution in [0.5, 0.6) is 0 Å². The lowest BCUT2D eigenvalue weighted by Crippen LogP contribution is -2.25. The molecule has 2 rings (SSSR count). The highest BCUT2D eigenvalue weighted by Gasteiger charge is 2.18. The van der Waals surface area contributed by atoms with E-state index in [0.29, 0.717) is 0 Å². The standard InChI is InChI=1S/C14H20N4/c1-4-15-13(12-8-6-11(3)7-9-12)14-16-10-17-18(14)5-2/h6-10,13,15H,4-5H2,1-3H3. The topological polar surface area (TPSA) is 42.7 Å². The van der Waals surface area contributed by atoms with Gasteiger partial charge in [0.15, 0.2) is 0 Å². The van der Waals surface area contributed by atoms with Crippen LogP contribution in [-0.2, 0) is 6.54 Å². The van der Waals surface area contributed by atoms with Gasteiger partial charge in [-0.1, -0.05) is 36.8 Å². The van der Waals surface area contributed by atoms with Crippen LogP contribution in [0.25, 0.3) is 0 Å². The number of benzene rings is 1. The van der Waals surface area contributed by atoms with Crippen molar-refractivity contribution in [2.75, 3.05) is 6.54 Å². The Hall–Kier alpha value is -1.68. The molecule has 1 aromatic carbocycles. The van der Waals surface area contributed by atoms with Crippen molar-refractivity contribution < 1.29 is 0 Å². The maximum Gasteiger partial charge on any atom is 0.148 e. The molecule has 0 radical (unpaired) electrons. The SMILES string of the molecule is CCNC(c1ccc(C)cc1)c1ncnn1CC. The summed E-state index contributed by atoms with van der Waals surface area (Å²) < 4.78 is 1.94. The molecule has 1 aromatic heterocycles. The predicted molar refractivity (Wildman–Crippen MR) is 72.4 cm³/mol. The number of nitrogens with one attached hydrogen (secondary N) is 1. The highest BCUT2D eigenvalue weighted by Crippen LogP contribution is 2.20. The second-order valence-electron chi connectivity index (χ2n) is 4.34. The molecule has 1 atom stereocenters. The fourth-order valence-electron chi connectivity index (χ4n) is 2.06. The van der Waals surface area contributed by atoms with Gasteiger partial charge in [0.05, 0.1) is 6.04 Å². The van der Waals surface area contributed by atoms with E-state index in [1.807, 2.05) is 4.68 Å². The third-order valence-electron chi connectivity index (χ3n) is 3.02. The summed E-state index contributed by atoms with van der Waals surface area (Å²) in [5.41, 5.74) is 2.50. The molecule has 2 aromatic rings. The average molecular weight is 244 g/mol. The molecule has 0 fully saturated rings. The minimum absolute atomic E-state index is 0.109. The van der Waals surface area contributed by atoms with Crippen LogP contribution in [0.15, 0.2) is 30.6 Å². The van der Waals surface area contributed by atoms with Crippen LogP contribution in [0.2, 0.25) is 0 Å². The predicted octanol–water partition coefficient (Wildman–Crippen LogP) is 2.31. The molecule has 0 spiro atoms. The molecule has 4 heteroatoms. The summed E-state index contributed by atoms with van der Waals surface area (Å²) in [5.74, 6) is 0.975. The lowest BCUT2D eigenvalue weighted by atomic mass is 10.0. The van der Waals surface area contributed by atoms with Gasteiger partial charge in [-0.15, -0.1) is 0 Å². The third kappa shape index (κ3) is 2.59. The Kier molecular flexibility index (Phi) is 4.10. The van der Waals surface area contributed by atoms with Gasteiger partial charge < -0.3 is 5.32 Å². The summed E-state index contributed by atoms with van der Waals surface area (Å²) in [6.45, 7) is 8.02. The van der Waals surface area contributed by atoms with Gasteiger partial charge in [-0.05, 0) is 26.0 Å². The number of aryl methyl sites for hydroxylation is 2. The van der Waals surface area contributed by atoms with Crippen molar-refractivity contribution in [3.63, 3.8) is 0 Å². The number of nitrogens with zero attached hydrogens (tertiary/aromatic N) is 3. The Morgan fingerprint density at radius 3 is 2.56 bits per heavy atom. The zero-order valence-electron chi connectivity index (χ0n) is 11.2. The van der Waals surface area contributed by atoms with Crippen molar-refractivity contribution in [1.82, 2.24) is 20.1 Å². The number of rotatable bonds is 5. The average Bonchev–Trinajstić information content (AvgIpc) is 2.85. The molecule has 0 aliphatic rings. The molecule has 0 aliphatic carbocycles. The second-order valence-corrected chi connectivity index (χ2v) is 4.34. The van der Waals surface area contributed by atoms with E-state index in [2.05, 4.69) is 60.4 Å². The first-order valence-electron chi connectivity index (χ1n) is 6.43. The lowest BCUT2D eigenvalue weighted by molar-refractivity contribution is 0.531. The first kappa shape index (κ1) is 12.8. The molecule has 0 bridgehead atoms. The normalized spacial score (nSPS) is 12.6. The van der Waals surface area contributed by atoms with Crippen molar-refractivity contribution in [3.8, 4) is 0 Å². The van der Waals surface area contributed by atoms with Crippen LogP contribution in [0.4, 0.5) is 0 Å². The smallest absolute Gasteiger partial charge is 0.148 e. The van der Waals surface area contributed by atoms with Crippen molar-refractivity contribution >= 4 is 0 Å². The van der Waals surface area contributed by atoms with E-state index in [4.69, 9.17) is 0 Å². The van der Waals surface area contributed by atoms with Crippen molar-refractivity contribution in [2.24, 2.45) is 0 Å². The van der Waals surface area contributed by atoms with Crippen molar-refractivity contribution in [1.29, 1.82) is 0 Å². The Morgan fingerprint density at radius 1 is 1.22 bits per heavy atom. The Labute approximate surface area is 108 Å². The van der Waals surface area contributed by atoms with E-state index in [1.54, 1.807) is 6.33 Å². The monoisotopic (exact) mass is 244 g/mol. The van der Waals surface area contributed by atoms with E-state index in [0.717, 1.165) is 18.9 Å². The summed E-state index contributed by atoms with van der Waals surface area (Å²) in [4.78, 5) is 4.39. The van der Waals surface area contributed by atoms with Crippen LogP contribution < -0.4 is 5.32 Å². The van der Waals surface area contributed by atoms with Gasteiger partial charge in [-0.2, -0.15) is 5.10 Å². The van der Waals surface area contributed by atoms with Gasteiger partial charge in [0.25, 0.3) is 0 Å². The van der Waals surface area contributed by atoms with Crippen LogP contribution >= 0.6 is 0 Å². The minimum Gasteiger partial charge on any atom is -0.304 e. The third-order valence-corrected chi connectivity index (χ3v) is 3.02. The first-order valence-corrected chi connectivity index (χ1v) is 6.43. The molecule has 96 valence electrons. The zero-order valence-corrected chi connectivity index (χ0v) is 11.2. The molecule has 0 saturated carbocycles. The lowest BCUT2D eigenvalue weighted by Gasteiger charge is -2.18. The zero-order chi connectivity index (χ0) is 13.0. The summed E-state index contributed by atoms with van der Waals surface area (Å²) in [5, 5.41) is 7.72. The fraction of sp³-hybridized carbons (Fsp3) is 0.429. The Morgan fingerprint density at radius 2 is 1.94 bits per heavy atom. The largest absolute Gasteiger partial charge is 0.304 e. The van der Waals surface area contributed by atoms with Crippen molar-refractivity contribution in [2.45, 2.75) is 33.4 Å². The van der Waals surface area contributed by atoms with Gasteiger partial charge in [-0.25, -0.2) is 9.67 Å². The van der Waals surface area contributed by atoms with E-state index in [1.165, 1.54) is 11.1 Å². The summed E-state index contributed by atoms with van der Waals surface area (Å²) in [6, 6.07) is 8.67. The molecule has 0 saturated heterocycles. The van der Waals surface area contributed by atoms with Gasteiger partial charge >= 0.3 is 0 Å². The molecule has 1 heterocycles. The van der Waals surface area contributed by atoms with E-state index in [9.17, 15) is 0 Å². The summed E-state index contributed by atoms with van der Waals surface area (Å²) in [7, 11) is 0. The molecular formula is C14H20N4. The van der Waals surface area contributed by atoms with Gasteiger partial charge in [0.2, 0.25) is 0 Å².